The van der Waals surface area contributed by atoms with Crippen molar-refractivity contribution in [1.82, 2.24) is 0 Å². The summed E-state index contributed by atoms with van der Waals surface area (Å²) >= 11 is 0. The van der Waals surface area contributed by atoms with Crippen molar-refractivity contribution < 1.29 is 9.90 Å². The number of carboxylic acids is 1. The fourth-order valence-corrected chi connectivity index (χ4v) is 5.99. The maximum absolute atomic E-state index is 12.2. The van der Waals surface area contributed by atoms with Crippen LogP contribution in [-0.2, 0) is 16.6 Å². The topological polar surface area (TPSA) is 37.3 Å². The first-order valence-electron chi connectivity index (χ1n) is 10.4. The molecule has 2 aromatic rings. The summed E-state index contributed by atoms with van der Waals surface area (Å²) in [6, 6.07) is 21.2. The van der Waals surface area contributed by atoms with E-state index in [1.807, 2.05) is 19.1 Å². The Bertz CT molecular complexity index is 866. The van der Waals surface area contributed by atoms with Gasteiger partial charge in [-0.3, -0.25) is 4.79 Å². The largest absolute Gasteiger partial charge is 0.481 e. The Labute approximate surface area is 168 Å². The molecule has 0 aliphatic heterocycles. The zero-order valence-corrected chi connectivity index (χ0v) is 16.9. The van der Waals surface area contributed by atoms with Crippen LogP contribution in [0.3, 0.4) is 0 Å². The van der Waals surface area contributed by atoms with Gasteiger partial charge in [0, 0.05) is 0 Å². The highest BCUT2D eigenvalue weighted by molar-refractivity contribution is 5.75. The lowest BCUT2D eigenvalue weighted by molar-refractivity contribution is -0.153. The molecule has 0 saturated heterocycles. The molecule has 2 fully saturated rings. The molecule has 1 N–H and O–H groups in total. The van der Waals surface area contributed by atoms with E-state index in [4.69, 9.17) is 0 Å². The van der Waals surface area contributed by atoms with Crippen LogP contribution in [0.15, 0.2) is 72.3 Å². The Kier molecular flexibility index (Phi) is 4.91. The molecule has 0 spiro atoms. The van der Waals surface area contributed by atoms with E-state index in [0.29, 0.717) is 11.8 Å². The third-order valence-electron chi connectivity index (χ3n) is 7.12. The van der Waals surface area contributed by atoms with Crippen LogP contribution in [0, 0.1) is 17.3 Å². The van der Waals surface area contributed by atoms with E-state index in [9.17, 15) is 9.90 Å². The van der Waals surface area contributed by atoms with E-state index in [1.54, 1.807) is 0 Å². The van der Waals surface area contributed by atoms with Gasteiger partial charge in [-0.1, -0.05) is 79.2 Å². The lowest BCUT2D eigenvalue weighted by Crippen LogP contribution is -2.50. The third-order valence-corrected chi connectivity index (χ3v) is 7.12. The van der Waals surface area contributed by atoms with E-state index in [2.05, 4.69) is 61.5 Å². The van der Waals surface area contributed by atoms with Gasteiger partial charge in [0.15, 0.2) is 0 Å². The summed E-state index contributed by atoms with van der Waals surface area (Å²) < 4.78 is 0. The number of carboxylic acid groups (broad SMARTS) is 1. The number of rotatable bonds is 4. The number of aliphatic carboxylic acids is 1. The Morgan fingerprint density at radius 3 is 2.32 bits per heavy atom. The Balaban J connectivity index is 1.71. The van der Waals surface area contributed by atoms with Crippen LogP contribution in [0.2, 0.25) is 0 Å². The normalized spacial score (nSPS) is 33.6. The average Bonchev–Trinajstić information content (AvgIpc) is 2.68. The van der Waals surface area contributed by atoms with Gasteiger partial charge in [-0.05, 0) is 67.4 Å². The zero-order valence-electron chi connectivity index (χ0n) is 16.9. The molecule has 2 aromatic carbocycles. The van der Waals surface area contributed by atoms with Gasteiger partial charge < -0.3 is 5.11 Å². The first-order valence-corrected chi connectivity index (χ1v) is 10.4. The number of benzene rings is 2. The number of carbonyl (C=O) groups is 1. The average molecular weight is 375 g/mol. The smallest absolute Gasteiger partial charge is 0.309 e. The second kappa shape index (κ2) is 7.24. The molecule has 4 rings (SSSR count). The van der Waals surface area contributed by atoms with E-state index in [1.165, 1.54) is 16.7 Å². The quantitative estimate of drug-likeness (QED) is 0.664. The Morgan fingerprint density at radius 1 is 1.04 bits per heavy atom. The van der Waals surface area contributed by atoms with Crippen molar-refractivity contribution in [2.45, 2.75) is 51.4 Å². The van der Waals surface area contributed by atoms with E-state index in [-0.39, 0.29) is 5.41 Å². The predicted molar refractivity (Wildman–Crippen MR) is 113 cm³/mol. The monoisotopic (exact) mass is 374 g/mol. The van der Waals surface area contributed by atoms with Gasteiger partial charge in [0.2, 0.25) is 0 Å². The minimum atomic E-state index is -0.662. The molecule has 4 atom stereocenters. The second-order valence-electron chi connectivity index (χ2n) is 9.29. The summed E-state index contributed by atoms with van der Waals surface area (Å²) in [5.41, 5.74) is 3.42. The number of hydrogen-bond acceptors (Lipinski definition) is 1. The van der Waals surface area contributed by atoms with Crippen molar-refractivity contribution in [1.29, 1.82) is 0 Å². The molecular weight excluding hydrogens is 344 g/mol. The van der Waals surface area contributed by atoms with Gasteiger partial charge in [0.25, 0.3) is 0 Å². The van der Waals surface area contributed by atoms with Crippen LogP contribution < -0.4 is 0 Å². The van der Waals surface area contributed by atoms with Crippen LogP contribution in [0.5, 0.6) is 0 Å². The van der Waals surface area contributed by atoms with Gasteiger partial charge >= 0.3 is 5.97 Å². The van der Waals surface area contributed by atoms with Crippen LogP contribution in [0.4, 0.5) is 0 Å². The summed E-state index contributed by atoms with van der Waals surface area (Å²) in [4.78, 5) is 12.2. The van der Waals surface area contributed by atoms with Crippen molar-refractivity contribution in [3.05, 3.63) is 83.4 Å². The van der Waals surface area contributed by atoms with Crippen LogP contribution in [-0.4, -0.2) is 11.1 Å². The molecule has 0 aromatic heterocycles. The predicted octanol–water partition coefficient (Wildman–Crippen LogP) is 6.02. The second-order valence-corrected chi connectivity index (χ2v) is 9.29. The molecular formula is C26H30O2. The van der Waals surface area contributed by atoms with Crippen LogP contribution in [0.1, 0.15) is 50.7 Å². The SMILES string of the molecule is CC1CC2(c3ccccc3)CC(CC(C)(C(=O)O)C2)/C1=C/Cc1ccccc1. The van der Waals surface area contributed by atoms with Gasteiger partial charge in [-0.25, -0.2) is 0 Å². The lowest BCUT2D eigenvalue weighted by atomic mass is 9.49. The minimum Gasteiger partial charge on any atom is -0.481 e. The molecule has 2 heteroatoms. The highest BCUT2D eigenvalue weighted by Crippen LogP contribution is 2.59. The van der Waals surface area contributed by atoms with Crippen LogP contribution >= 0.6 is 0 Å². The van der Waals surface area contributed by atoms with Gasteiger partial charge in [0.05, 0.1) is 5.41 Å². The highest BCUT2D eigenvalue weighted by atomic mass is 16.4. The summed E-state index contributed by atoms with van der Waals surface area (Å²) in [5.74, 6) is 0.193. The maximum Gasteiger partial charge on any atom is 0.309 e. The molecule has 2 aliphatic rings. The van der Waals surface area contributed by atoms with Crippen LogP contribution in [0.25, 0.3) is 0 Å². The summed E-state index contributed by atoms with van der Waals surface area (Å²) in [6.07, 6.45) is 6.93. The minimum absolute atomic E-state index is 0.0270. The molecule has 4 unspecified atom stereocenters. The Hall–Kier alpha value is -2.35. The molecule has 28 heavy (non-hydrogen) atoms. The molecule has 2 saturated carbocycles. The first-order chi connectivity index (χ1) is 13.4. The highest BCUT2D eigenvalue weighted by Gasteiger charge is 2.54. The number of allylic oxidation sites excluding steroid dienone is 2. The molecule has 2 bridgehead atoms. The van der Waals surface area contributed by atoms with Gasteiger partial charge in [0.1, 0.15) is 0 Å². The van der Waals surface area contributed by atoms with E-state index < -0.39 is 11.4 Å². The van der Waals surface area contributed by atoms with Crippen molar-refractivity contribution in [2.24, 2.45) is 17.3 Å². The molecule has 0 amide bonds. The fraction of sp³-hybridized carbons (Fsp3) is 0.423. The van der Waals surface area contributed by atoms with Crippen molar-refractivity contribution >= 4 is 5.97 Å². The lowest BCUT2D eigenvalue weighted by Gasteiger charge is -2.54. The standard InChI is InChI=1S/C26H30O2/c1-19-15-26(22-11-7-4-8-12-22)17-21(16-25(2,18-26)24(27)28)23(19)14-13-20-9-5-3-6-10-20/h3-12,14,19,21H,13,15-18H2,1-2H3,(H,27,28)/b23-14+. The summed E-state index contributed by atoms with van der Waals surface area (Å²) in [6.45, 7) is 4.30. The number of hydrogen-bond donors (Lipinski definition) is 1. The first kappa shape index (κ1) is 19.0. The van der Waals surface area contributed by atoms with Crippen molar-refractivity contribution in [2.75, 3.05) is 0 Å². The molecule has 146 valence electrons. The molecule has 2 aliphatic carbocycles. The fourth-order valence-electron chi connectivity index (χ4n) is 5.99. The maximum atomic E-state index is 12.2. The van der Waals surface area contributed by atoms with Gasteiger partial charge in [-0.2, -0.15) is 0 Å². The zero-order chi connectivity index (χ0) is 19.8. The van der Waals surface area contributed by atoms with Gasteiger partial charge in [-0.15, -0.1) is 0 Å². The van der Waals surface area contributed by atoms with E-state index >= 15 is 0 Å². The molecule has 0 heterocycles. The van der Waals surface area contributed by atoms with Crippen molar-refractivity contribution in [3.63, 3.8) is 0 Å². The van der Waals surface area contributed by atoms with Crippen molar-refractivity contribution in [3.8, 4) is 0 Å². The summed E-state index contributed by atoms with van der Waals surface area (Å²) in [5, 5.41) is 10.1. The molecule has 2 nitrogen and oxygen atoms in total. The van der Waals surface area contributed by atoms with E-state index in [0.717, 1.165) is 32.1 Å². The Morgan fingerprint density at radius 2 is 1.68 bits per heavy atom. The summed E-state index contributed by atoms with van der Waals surface area (Å²) in [7, 11) is 0. The number of fused-ring (bicyclic) bond motifs is 2. The molecule has 0 radical (unpaired) electrons. The third kappa shape index (κ3) is 3.41.